The molecule has 2 aromatic heterocycles. The van der Waals surface area contributed by atoms with Gasteiger partial charge >= 0.3 is 0 Å². The number of nitrogens with two attached hydrogens (primary N) is 1. The molecule has 2 heterocycles. The summed E-state index contributed by atoms with van der Waals surface area (Å²) in [4.78, 5) is 16.4. The number of pyridine rings is 1. The smallest absolute Gasteiger partial charge is 0.230 e. The minimum atomic E-state index is -0.225. The van der Waals surface area contributed by atoms with Gasteiger partial charge in [-0.3, -0.25) is 4.79 Å². The molecular weight excluding hydrogens is 334 g/mol. The van der Waals surface area contributed by atoms with E-state index in [9.17, 15) is 4.79 Å². The van der Waals surface area contributed by atoms with Crippen molar-refractivity contribution in [3.63, 3.8) is 0 Å². The van der Waals surface area contributed by atoms with Gasteiger partial charge in [0.1, 0.15) is 5.82 Å². The van der Waals surface area contributed by atoms with Crippen LogP contribution in [0.25, 0.3) is 22.0 Å². The van der Waals surface area contributed by atoms with Gasteiger partial charge in [-0.25, -0.2) is 4.98 Å². The Morgan fingerprint density at radius 3 is 2.96 bits per heavy atom. The van der Waals surface area contributed by atoms with Crippen molar-refractivity contribution in [2.24, 2.45) is 11.8 Å². The predicted octanol–water partition coefficient (Wildman–Crippen LogP) is 3.35. The molecule has 3 N–H and O–H groups in total. The number of hydrogen-bond acceptors (Lipinski definition) is 6. The lowest BCUT2D eigenvalue weighted by Crippen LogP contribution is -2.15. The van der Waals surface area contributed by atoms with Crippen LogP contribution in [-0.4, -0.2) is 15.3 Å². The number of nitrogen functional groups attached to an aromatic ring is 1. The number of carbonyl (C=O) groups is 1. The Hall–Kier alpha value is -2.98. The molecule has 6 nitrogen and oxygen atoms in total. The van der Waals surface area contributed by atoms with Gasteiger partial charge < -0.3 is 11.1 Å². The predicted molar refractivity (Wildman–Crippen MR) is 97.8 cm³/mol. The normalized spacial score (nSPS) is 18.7. The van der Waals surface area contributed by atoms with E-state index in [-0.39, 0.29) is 17.7 Å². The molecule has 0 bridgehead atoms. The summed E-state index contributed by atoms with van der Waals surface area (Å²) in [7, 11) is 0. The fourth-order valence-corrected chi connectivity index (χ4v) is 3.58. The highest BCUT2D eigenvalue weighted by Crippen LogP contribution is 2.38. The van der Waals surface area contributed by atoms with Crippen LogP contribution < -0.4 is 11.1 Å². The third kappa shape index (κ3) is 2.81. The van der Waals surface area contributed by atoms with Crippen molar-refractivity contribution in [2.75, 3.05) is 11.1 Å². The first-order valence-electron chi connectivity index (χ1n) is 7.88. The summed E-state index contributed by atoms with van der Waals surface area (Å²) in [5.41, 5.74) is 9.75. The highest BCUT2D eigenvalue weighted by atomic mass is 32.1. The van der Waals surface area contributed by atoms with E-state index in [1.165, 1.54) is 11.5 Å². The number of rotatable bonds is 3. The Labute approximate surface area is 148 Å². The molecule has 4 rings (SSSR count). The lowest BCUT2D eigenvalue weighted by molar-refractivity contribution is -0.117. The van der Waals surface area contributed by atoms with Gasteiger partial charge in [0.2, 0.25) is 5.91 Å². The molecule has 1 aliphatic carbocycles. The highest BCUT2D eigenvalue weighted by Gasteiger charge is 2.43. The summed E-state index contributed by atoms with van der Waals surface area (Å²) in [6, 6.07) is 7.82. The van der Waals surface area contributed by atoms with Crippen LogP contribution in [0.5, 0.6) is 0 Å². The molecule has 3 aromatic rings. The number of amides is 1. The second-order valence-corrected chi connectivity index (χ2v) is 6.90. The summed E-state index contributed by atoms with van der Waals surface area (Å²) >= 11 is 1.41. The standard InChI is InChI=1S/C18H15N5OS/c1-9-8-25-23-17(9)11-2-10-5-16(21-7-14(10)15(20)4-11)22-18(24)13-3-12(13)6-19/h2,4-5,7-8,12-13H,3,20H2,1H3,(H,21,22,24)/t12?,13-/m1/s1. The van der Waals surface area contributed by atoms with Crippen LogP contribution in [0, 0.1) is 30.1 Å². The number of hydrogen-bond donors (Lipinski definition) is 2. The van der Waals surface area contributed by atoms with Crippen molar-refractivity contribution in [1.82, 2.24) is 9.36 Å². The Kier molecular flexibility index (Phi) is 3.62. The van der Waals surface area contributed by atoms with Crippen molar-refractivity contribution >= 4 is 39.7 Å². The van der Waals surface area contributed by atoms with E-state index in [0.29, 0.717) is 17.9 Å². The zero-order valence-corrected chi connectivity index (χ0v) is 14.3. The van der Waals surface area contributed by atoms with Gasteiger partial charge in [0.15, 0.2) is 0 Å². The molecule has 0 saturated heterocycles. The molecule has 1 unspecified atom stereocenters. The monoisotopic (exact) mass is 349 g/mol. The first kappa shape index (κ1) is 15.5. The quantitative estimate of drug-likeness (QED) is 0.706. The van der Waals surface area contributed by atoms with Gasteiger partial charge in [-0.1, -0.05) is 0 Å². The van der Waals surface area contributed by atoms with Gasteiger partial charge in [-0.05, 0) is 54.0 Å². The van der Waals surface area contributed by atoms with Crippen molar-refractivity contribution in [3.05, 3.63) is 35.3 Å². The molecule has 7 heteroatoms. The van der Waals surface area contributed by atoms with E-state index >= 15 is 0 Å². The van der Waals surface area contributed by atoms with Crippen LogP contribution >= 0.6 is 11.5 Å². The molecule has 1 aromatic carbocycles. The van der Waals surface area contributed by atoms with E-state index in [0.717, 1.165) is 27.6 Å². The molecular formula is C18H15N5OS. The van der Waals surface area contributed by atoms with Gasteiger partial charge in [-0.15, -0.1) is 0 Å². The van der Waals surface area contributed by atoms with Crippen molar-refractivity contribution < 1.29 is 4.79 Å². The zero-order chi connectivity index (χ0) is 17.6. The third-order valence-electron chi connectivity index (χ3n) is 4.43. The van der Waals surface area contributed by atoms with Crippen LogP contribution in [0.2, 0.25) is 0 Å². The molecule has 1 aliphatic rings. The lowest BCUT2D eigenvalue weighted by Gasteiger charge is -2.09. The Morgan fingerprint density at radius 2 is 2.28 bits per heavy atom. The molecule has 0 radical (unpaired) electrons. The number of aryl methyl sites for hydroxylation is 1. The first-order valence-corrected chi connectivity index (χ1v) is 8.71. The Bertz CT molecular complexity index is 1040. The molecule has 1 fully saturated rings. The number of anilines is 2. The van der Waals surface area contributed by atoms with Crippen molar-refractivity contribution in [3.8, 4) is 17.3 Å². The van der Waals surface area contributed by atoms with Gasteiger partial charge in [0.05, 0.1) is 23.6 Å². The maximum absolute atomic E-state index is 12.1. The summed E-state index contributed by atoms with van der Waals surface area (Å²) < 4.78 is 4.42. The van der Waals surface area contributed by atoms with Gasteiger partial charge in [-0.2, -0.15) is 9.64 Å². The van der Waals surface area contributed by atoms with Crippen LogP contribution in [0.1, 0.15) is 12.0 Å². The fraction of sp³-hybridized carbons (Fsp3) is 0.222. The van der Waals surface area contributed by atoms with Gasteiger partial charge in [0, 0.05) is 28.2 Å². The summed E-state index contributed by atoms with van der Waals surface area (Å²) in [5.74, 6) is -0.0857. The van der Waals surface area contributed by atoms with E-state index in [1.807, 2.05) is 24.4 Å². The number of carbonyl (C=O) groups excluding carboxylic acids is 1. The van der Waals surface area contributed by atoms with Crippen LogP contribution in [-0.2, 0) is 4.79 Å². The first-order chi connectivity index (χ1) is 12.1. The van der Waals surface area contributed by atoms with Crippen molar-refractivity contribution in [2.45, 2.75) is 13.3 Å². The molecule has 25 heavy (non-hydrogen) atoms. The molecule has 1 saturated carbocycles. The Morgan fingerprint density at radius 1 is 1.44 bits per heavy atom. The number of nitrogens with zero attached hydrogens (tertiary/aromatic N) is 3. The number of aromatic nitrogens is 2. The van der Waals surface area contributed by atoms with E-state index in [4.69, 9.17) is 11.0 Å². The topological polar surface area (TPSA) is 105 Å². The fourth-order valence-electron chi connectivity index (χ4n) is 2.90. The molecule has 0 aliphatic heterocycles. The summed E-state index contributed by atoms with van der Waals surface area (Å²) in [5, 5.41) is 15.3. The number of benzene rings is 1. The molecule has 1 amide bonds. The lowest BCUT2D eigenvalue weighted by atomic mass is 10.0. The van der Waals surface area contributed by atoms with Gasteiger partial charge in [0.25, 0.3) is 0 Å². The third-order valence-corrected chi connectivity index (χ3v) is 5.18. The SMILES string of the molecule is Cc1csnc1-c1cc(N)c2cnc(NC(=O)[C@@H]3CC3C#N)cc2c1. The second kappa shape index (κ2) is 5.83. The largest absolute Gasteiger partial charge is 0.398 e. The molecule has 0 spiro atoms. The molecule has 124 valence electrons. The summed E-state index contributed by atoms with van der Waals surface area (Å²) in [6.45, 7) is 2.01. The molecule has 2 atom stereocenters. The minimum absolute atomic E-state index is 0.155. The van der Waals surface area contributed by atoms with E-state index < -0.39 is 0 Å². The number of fused-ring (bicyclic) bond motifs is 1. The van der Waals surface area contributed by atoms with Crippen LogP contribution in [0.3, 0.4) is 0 Å². The van der Waals surface area contributed by atoms with E-state index in [2.05, 4.69) is 20.7 Å². The summed E-state index contributed by atoms with van der Waals surface area (Å²) in [6.07, 6.45) is 2.28. The second-order valence-electron chi connectivity index (χ2n) is 6.27. The average molecular weight is 349 g/mol. The van der Waals surface area contributed by atoms with E-state index in [1.54, 1.807) is 12.3 Å². The van der Waals surface area contributed by atoms with Crippen LogP contribution in [0.4, 0.5) is 11.5 Å². The van der Waals surface area contributed by atoms with Crippen LogP contribution in [0.15, 0.2) is 29.8 Å². The minimum Gasteiger partial charge on any atom is -0.398 e. The highest BCUT2D eigenvalue weighted by molar-refractivity contribution is 7.04. The van der Waals surface area contributed by atoms with Crippen molar-refractivity contribution in [1.29, 1.82) is 5.26 Å². The maximum Gasteiger partial charge on any atom is 0.230 e. The number of nitriles is 1. The zero-order valence-electron chi connectivity index (χ0n) is 13.5. The maximum atomic E-state index is 12.1. The average Bonchev–Trinajstić information content (AvgIpc) is 3.27. The number of nitrogens with one attached hydrogen (secondary N) is 1. The Balaban J connectivity index is 1.68.